The van der Waals surface area contributed by atoms with E-state index in [2.05, 4.69) is 25.4 Å². The number of rotatable bonds is 10. The number of aliphatic hydroxyl groups excluding tert-OH is 1. The second kappa shape index (κ2) is 13.6. The van der Waals surface area contributed by atoms with Crippen molar-refractivity contribution in [1.29, 1.82) is 0 Å². The second-order valence-corrected chi connectivity index (χ2v) is 10.5. The van der Waals surface area contributed by atoms with Gasteiger partial charge in [-0.15, -0.1) is 0 Å². The highest BCUT2D eigenvalue weighted by Crippen LogP contribution is 2.30. The van der Waals surface area contributed by atoms with Crippen molar-refractivity contribution in [2.24, 2.45) is 0 Å². The maximum absolute atomic E-state index is 13.1. The van der Waals surface area contributed by atoms with E-state index >= 15 is 0 Å². The molecule has 1 aliphatic rings. The molecule has 0 radical (unpaired) electrons. The van der Waals surface area contributed by atoms with Crippen LogP contribution in [0.25, 0.3) is 10.9 Å². The zero-order chi connectivity index (χ0) is 29.5. The molecule has 1 saturated heterocycles. The molecule has 2 amide bonds. The van der Waals surface area contributed by atoms with Crippen LogP contribution < -0.4 is 15.5 Å². The summed E-state index contributed by atoms with van der Waals surface area (Å²) in [5.41, 5.74) is 4.35. The van der Waals surface area contributed by atoms with Crippen LogP contribution in [0.4, 0.5) is 22.0 Å². The van der Waals surface area contributed by atoms with Gasteiger partial charge in [0.1, 0.15) is 5.82 Å². The average Bonchev–Trinajstić information content (AvgIpc) is 3.44. The Kier molecular flexibility index (Phi) is 9.48. The lowest BCUT2D eigenvalue weighted by molar-refractivity contribution is 0.0792. The Morgan fingerprint density at radius 1 is 1.05 bits per heavy atom. The van der Waals surface area contributed by atoms with Gasteiger partial charge in [0.2, 0.25) is 0 Å². The molecular weight excluding hydrogens is 532 g/mol. The zero-order valence-electron chi connectivity index (χ0n) is 24.1. The van der Waals surface area contributed by atoms with Crippen LogP contribution in [0.2, 0.25) is 0 Å². The van der Waals surface area contributed by atoms with Gasteiger partial charge in [0, 0.05) is 87.7 Å². The number of carbonyl (C=O) groups is 2. The van der Waals surface area contributed by atoms with E-state index in [9.17, 15) is 14.7 Å². The van der Waals surface area contributed by atoms with E-state index in [0.29, 0.717) is 24.5 Å². The van der Waals surface area contributed by atoms with Crippen molar-refractivity contribution < 1.29 is 19.4 Å². The molecule has 0 spiro atoms. The molecule has 42 heavy (non-hydrogen) atoms. The second-order valence-electron chi connectivity index (χ2n) is 10.5. The fourth-order valence-corrected chi connectivity index (χ4v) is 5.31. The molecule has 1 fully saturated rings. The summed E-state index contributed by atoms with van der Waals surface area (Å²) in [6.07, 6.45) is 5.65. The van der Waals surface area contributed by atoms with E-state index in [4.69, 9.17) is 4.74 Å². The monoisotopic (exact) mass is 570 g/mol. The normalized spacial score (nSPS) is 14.2. The molecule has 3 N–H and O–H groups in total. The third-order valence-electron chi connectivity index (χ3n) is 7.62. The third-order valence-corrected chi connectivity index (χ3v) is 7.62. The Labute approximate surface area is 245 Å². The number of nitrogens with zero attached hydrogens (tertiary/aromatic N) is 4. The number of hydrogen-bond acceptors (Lipinski definition) is 7. The average molecular weight is 571 g/mol. The summed E-state index contributed by atoms with van der Waals surface area (Å²) in [6, 6.07) is 19.1. The van der Waals surface area contributed by atoms with E-state index in [1.165, 1.54) is 0 Å². The van der Waals surface area contributed by atoms with Crippen LogP contribution in [0, 0.1) is 0 Å². The lowest BCUT2D eigenvalue weighted by atomic mass is 10.1. The van der Waals surface area contributed by atoms with Crippen LogP contribution in [0.1, 0.15) is 35.2 Å². The van der Waals surface area contributed by atoms with Crippen molar-refractivity contribution in [3.63, 3.8) is 0 Å². The molecule has 2 aromatic carbocycles. The maximum atomic E-state index is 13.1. The van der Waals surface area contributed by atoms with Crippen LogP contribution in [0.15, 0.2) is 73.1 Å². The number of likely N-dealkylation sites (tertiary alicyclic amines) is 1. The van der Waals surface area contributed by atoms with Crippen molar-refractivity contribution in [2.45, 2.75) is 31.9 Å². The van der Waals surface area contributed by atoms with E-state index in [0.717, 1.165) is 66.7 Å². The van der Waals surface area contributed by atoms with Gasteiger partial charge in [0.05, 0.1) is 11.6 Å². The van der Waals surface area contributed by atoms with E-state index in [1.807, 2.05) is 60.7 Å². The van der Waals surface area contributed by atoms with E-state index in [1.54, 1.807) is 31.1 Å². The first-order valence-electron chi connectivity index (χ1n) is 14.3. The highest BCUT2D eigenvalue weighted by atomic mass is 16.5. The number of carbonyl (C=O) groups excluding carboxylic acids is 2. The number of ether oxygens (including phenoxy) is 1. The number of piperidine rings is 1. The quantitative estimate of drug-likeness (QED) is 0.239. The number of aliphatic hydroxyl groups is 1. The molecular formula is C32H38N6O4. The van der Waals surface area contributed by atoms with Crippen LogP contribution in [0.3, 0.4) is 0 Å². The van der Waals surface area contributed by atoms with Crippen molar-refractivity contribution in [1.82, 2.24) is 19.8 Å². The summed E-state index contributed by atoms with van der Waals surface area (Å²) in [7, 11) is 3.29. The Bertz CT molecular complexity index is 1510. The van der Waals surface area contributed by atoms with E-state index in [-0.39, 0.29) is 18.0 Å². The number of anilines is 3. The van der Waals surface area contributed by atoms with Gasteiger partial charge in [0.15, 0.2) is 0 Å². The summed E-state index contributed by atoms with van der Waals surface area (Å²) in [5, 5.41) is 16.3. The molecule has 0 atom stereocenters. The van der Waals surface area contributed by atoms with E-state index < -0.39 is 0 Å². The Hall–Kier alpha value is -4.25. The summed E-state index contributed by atoms with van der Waals surface area (Å²) in [6.45, 7) is 3.86. The number of fused-ring (bicyclic) bond motifs is 1. The van der Waals surface area contributed by atoms with Gasteiger partial charge < -0.3 is 25.4 Å². The van der Waals surface area contributed by atoms with Gasteiger partial charge in [-0.25, -0.2) is 9.78 Å². The standard InChI is InChI=1S/C32H38N6O4/c1-33-32(41)38-18-11-25-20-26(8-9-29(25)38)37(15-3-19-42-2)27-10-14-34-30(21-27)35-31(40)24-6-4-23(5-7-24)22-36-16-12-28(39)13-17-36/h4-11,14,18,20-21,28,39H,3,12-13,15-17,19,22H2,1-2H3,(H,33,41)(H,34,35,40). The molecule has 4 aromatic rings. The number of methoxy groups -OCH3 is 1. The molecule has 3 heterocycles. The van der Waals surface area contributed by atoms with Crippen molar-refractivity contribution in [2.75, 3.05) is 50.6 Å². The SMILES string of the molecule is CNC(=O)n1ccc2cc(N(CCCOC)c3ccnc(NC(=O)c4ccc(CN5CCC(O)CC5)cc4)c3)ccc21. The van der Waals surface area contributed by atoms with Crippen LogP contribution in [0.5, 0.6) is 0 Å². The van der Waals surface area contributed by atoms with Crippen LogP contribution >= 0.6 is 0 Å². The third kappa shape index (κ3) is 6.96. The van der Waals surface area contributed by atoms with Gasteiger partial charge in [0.25, 0.3) is 5.91 Å². The lowest BCUT2D eigenvalue weighted by Gasteiger charge is -2.29. The Morgan fingerprint density at radius 2 is 1.81 bits per heavy atom. The Balaban J connectivity index is 1.31. The van der Waals surface area contributed by atoms with Gasteiger partial charge in [-0.05, 0) is 67.3 Å². The minimum absolute atomic E-state index is 0.191. The van der Waals surface area contributed by atoms with Gasteiger partial charge in [-0.3, -0.25) is 14.3 Å². The van der Waals surface area contributed by atoms with Gasteiger partial charge in [-0.2, -0.15) is 0 Å². The number of benzene rings is 2. The van der Waals surface area contributed by atoms with Gasteiger partial charge >= 0.3 is 6.03 Å². The van der Waals surface area contributed by atoms with Crippen LogP contribution in [-0.4, -0.2) is 78.0 Å². The highest BCUT2D eigenvalue weighted by Gasteiger charge is 2.18. The molecule has 1 aliphatic heterocycles. The summed E-state index contributed by atoms with van der Waals surface area (Å²) >= 11 is 0. The first-order chi connectivity index (χ1) is 20.4. The lowest BCUT2D eigenvalue weighted by Crippen LogP contribution is -2.35. The minimum atomic E-state index is -0.227. The number of nitrogens with one attached hydrogen (secondary N) is 2. The number of pyridine rings is 1. The molecule has 220 valence electrons. The van der Waals surface area contributed by atoms with Gasteiger partial charge in [-0.1, -0.05) is 12.1 Å². The largest absolute Gasteiger partial charge is 0.393 e. The number of aromatic nitrogens is 2. The fraction of sp³-hybridized carbons (Fsp3) is 0.344. The van der Waals surface area contributed by atoms with Crippen molar-refractivity contribution in [3.05, 3.63) is 84.2 Å². The molecule has 0 unspecified atom stereocenters. The summed E-state index contributed by atoms with van der Waals surface area (Å²) < 4.78 is 6.88. The predicted molar refractivity (Wildman–Crippen MR) is 164 cm³/mol. The molecule has 10 heteroatoms. The smallest absolute Gasteiger partial charge is 0.325 e. The fourth-order valence-electron chi connectivity index (χ4n) is 5.31. The van der Waals surface area contributed by atoms with Crippen molar-refractivity contribution >= 4 is 40.0 Å². The number of amides is 2. The molecule has 0 bridgehead atoms. The molecule has 2 aromatic heterocycles. The molecule has 5 rings (SSSR count). The first-order valence-corrected chi connectivity index (χ1v) is 14.3. The van der Waals surface area contributed by atoms with Crippen LogP contribution in [-0.2, 0) is 11.3 Å². The topological polar surface area (TPSA) is 112 Å². The molecule has 10 nitrogen and oxygen atoms in total. The molecule has 0 saturated carbocycles. The summed E-state index contributed by atoms with van der Waals surface area (Å²) in [5.74, 6) is 0.229. The summed E-state index contributed by atoms with van der Waals surface area (Å²) in [4.78, 5) is 34.2. The Morgan fingerprint density at radius 3 is 2.55 bits per heavy atom. The van der Waals surface area contributed by atoms with Crippen molar-refractivity contribution in [3.8, 4) is 0 Å². The molecule has 0 aliphatic carbocycles. The number of hydrogen-bond donors (Lipinski definition) is 3. The highest BCUT2D eigenvalue weighted by molar-refractivity contribution is 6.04. The minimum Gasteiger partial charge on any atom is -0.393 e. The first kappa shape index (κ1) is 29.2. The maximum Gasteiger partial charge on any atom is 0.325 e. The predicted octanol–water partition coefficient (Wildman–Crippen LogP) is 4.61. The zero-order valence-corrected chi connectivity index (χ0v) is 24.1.